The van der Waals surface area contributed by atoms with Gasteiger partial charge in [0.05, 0.1) is 31.9 Å². The summed E-state index contributed by atoms with van der Waals surface area (Å²) in [5.74, 6) is 0.128. The molecule has 0 spiro atoms. The molecule has 0 aromatic heterocycles. The van der Waals surface area contributed by atoms with Gasteiger partial charge in [-0.25, -0.2) is 8.42 Å². The number of carbonyl (C=O) groups excluding carboxylic acids is 2. The molecule has 0 fully saturated rings. The first kappa shape index (κ1) is 37.1. The van der Waals surface area contributed by atoms with Crippen molar-refractivity contribution in [3.63, 3.8) is 0 Å². The molecular formula is C37H42ClN3O7S. The molecule has 0 aliphatic carbocycles. The number of rotatable bonds is 14. The van der Waals surface area contributed by atoms with Crippen molar-refractivity contribution < 1.29 is 32.2 Å². The van der Waals surface area contributed by atoms with E-state index in [1.54, 1.807) is 37.4 Å². The smallest absolute Gasteiger partial charge is 0.264 e. The van der Waals surface area contributed by atoms with E-state index in [9.17, 15) is 18.0 Å². The Morgan fingerprint density at radius 2 is 1.45 bits per heavy atom. The standard InChI is InChI=1S/C37H42ClN3O7S/c1-37(2,3)39-36(43)32(22-26-11-8-7-9-12-26)40(24-27-13-10-14-30(21-27)46-4)35(42)25-41(29-17-15-28(38)16-18-29)49(44,45)31-19-20-33(47-5)34(23-31)48-6/h7-21,23,32H,22,24-25H2,1-6H3,(H,39,43)/t32-/m1/s1. The number of benzene rings is 4. The molecule has 4 aromatic carbocycles. The second kappa shape index (κ2) is 16.1. The second-order valence-electron chi connectivity index (χ2n) is 12.3. The topological polar surface area (TPSA) is 114 Å². The summed E-state index contributed by atoms with van der Waals surface area (Å²) in [6.45, 7) is 4.94. The van der Waals surface area contributed by atoms with Gasteiger partial charge < -0.3 is 24.4 Å². The maximum Gasteiger partial charge on any atom is 0.264 e. The lowest BCUT2D eigenvalue weighted by atomic mass is 10.0. The monoisotopic (exact) mass is 707 g/mol. The maximum atomic E-state index is 14.7. The van der Waals surface area contributed by atoms with E-state index in [2.05, 4.69) is 5.32 Å². The zero-order chi connectivity index (χ0) is 35.8. The third-order valence-electron chi connectivity index (χ3n) is 7.59. The molecule has 0 radical (unpaired) electrons. The molecule has 260 valence electrons. The van der Waals surface area contributed by atoms with Gasteiger partial charge in [0, 0.05) is 29.6 Å². The molecule has 1 N–H and O–H groups in total. The van der Waals surface area contributed by atoms with Crippen LogP contribution in [0.25, 0.3) is 0 Å². The normalized spacial score (nSPS) is 12.1. The van der Waals surface area contributed by atoms with E-state index in [4.69, 9.17) is 25.8 Å². The molecule has 49 heavy (non-hydrogen) atoms. The number of amides is 2. The summed E-state index contributed by atoms with van der Waals surface area (Å²) in [5.41, 5.74) is 1.11. The quantitative estimate of drug-likeness (QED) is 0.168. The summed E-state index contributed by atoms with van der Waals surface area (Å²) in [5, 5.41) is 3.41. The Morgan fingerprint density at radius 3 is 2.06 bits per heavy atom. The average molecular weight is 708 g/mol. The van der Waals surface area contributed by atoms with Crippen molar-refractivity contribution in [2.75, 3.05) is 32.2 Å². The number of nitrogens with zero attached hydrogens (tertiary/aromatic N) is 2. The van der Waals surface area contributed by atoms with Crippen LogP contribution in [-0.4, -0.2) is 64.6 Å². The van der Waals surface area contributed by atoms with Crippen LogP contribution in [0.5, 0.6) is 17.2 Å². The van der Waals surface area contributed by atoms with Crippen molar-refractivity contribution in [2.24, 2.45) is 0 Å². The molecule has 0 bridgehead atoms. The molecule has 0 heterocycles. The Morgan fingerprint density at radius 1 is 0.796 bits per heavy atom. The van der Waals surface area contributed by atoms with Gasteiger partial charge >= 0.3 is 0 Å². The van der Waals surface area contributed by atoms with E-state index in [0.29, 0.717) is 22.1 Å². The largest absolute Gasteiger partial charge is 0.497 e. The van der Waals surface area contributed by atoms with Crippen LogP contribution in [0.1, 0.15) is 31.9 Å². The highest BCUT2D eigenvalue weighted by Crippen LogP contribution is 2.33. The molecule has 1 atom stereocenters. The number of halogens is 1. The number of hydrogen-bond acceptors (Lipinski definition) is 7. The van der Waals surface area contributed by atoms with Crippen LogP contribution in [0.15, 0.2) is 102 Å². The van der Waals surface area contributed by atoms with Crippen molar-refractivity contribution >= 4 is 39.1 Å². The van der Waals surface area contributed by atoms with Gasteiger partial charge in [0.15, 0.2) is 11.5 Å². The maximum absolute atomic E-state index is 14.7. The second-order valence-corrected chi connectivity index (χ2v) is 14.6. The van der Waals surface area contributed by atoms with Gasteiger partial charge in [-0.15, -0.1) is 0 Å². The van der Waals surface area contributed by atoms with Crippen molar-refractivity contribution in [3.8, 4) is 17.2 Å². The zero-order valence-corrected chi connectivity index (χ0v) is 30.0. The van der Waals surface area contributed by atoms with Gasteiger partial charge in [0.1, 0.15) is 18.3 Å². The minimum absolute atomic E-state index is 0.00401. The molecule has 0 aliphatic heterocycles. The van der Waals surface area contributed by atoms with Gasteiger partial charge in [-0.3, -0.25) is 13.9 Å². The Labute approximate surface area is 293 Å². The van der Waals surface area contributed by atoms with E-state index in [1.165, 1.54) is 49.5 Å². The SMILES string of the molecule is COc1cccc(CN(C(=O)CN(c2ccc(Cl)cc2)S(=O)(=O)c2ccc(OC)c(OC)c2)[C@H](Cc2ccccc2)C(=O)NC(C)(C)C)c1. The molecule has 0 aliphatic rings. The van der Waals surface area contributed by atoms with Gasteiger partial charge in [0.2, 0.25) is 11.8 Å². The number of anilines is 1. The Hall–Kier alpha value is -4.74. The van der Waals surface area contributed by atoms with Gasteiger partial charge in [0.25, 0.3) is 10.0 Å². The number of hydrogen-bond donors (Lipinski definition) is 1. The lowest BCUT2D eigenvalue weighted by molar-refractivity contribution is -0.140. The van der Waals surface area contributed by atoms with Crippen LogP contribution in [0.4, 0.5) is 5.69 Å². The predicted molar refractivity (Wildman–Crippen MR) is 191 cm³/mol. The van der Waals surface area contributed by atoms with Gasteiger partial charge in [-0.2, -0.15) is 0 Å². The van der Waals surface area contributed by atoms with Crippen LogP contribution >= 0.6 is 11.6 Å². The summed E-state index contributed by atoms with van der Waals surface area (Å²) in [7, 11) is 0.00924. The minimum atomic E-state index is -4.38. The van der Waals surface area contributed by atoms with Crippen molar-refractivity contribution in [2.45, 2.75) is 50.2 Å². The number of nitrogens with one attached hydrogen (secondary N) is 1. The van der Waals surface area contributed by atoms with Crippen LogP contribution in [0.2, 0.25) is 5.02 Å². The first-order chi connectivity index (χ1) is 23.2. The fourth-order valence-electron chi connectivity index (χ4n) is 5.21. The highest BCUT2D eigenvalue weighted by molar-refractivity contribution is 7.92. The lowest BCUT2D eigenvalue weighted by Gasteiger charge is -2.35. The van der Waals surface area contributed by atoms with Crippen molar-refractivity contribution in [1.29, 1.82) is 0 Å². The molecular weight excluding hydrogens is 666 g/mol. The molecule has 0 unspecified atom stereocenters. The molecule has 0 saturated heterocycles. The summed E-state index contributed by atoms with van der Waals surface area (Å²) in [4.78, 5) is 30.1. The third-order valence-corrected chi connectivity index (χ3v) is 9.61. The van der Waals surface area contributed by atoms with Crippen LogP contribution < -0.4 is 23.8 Å². The van der Waals surface area contributed by atoms with Crippen LogP contribution in [-0.2, 0) is 32.6 Å². The summed E-state index contributed by atoms with van der Waals surface area (Å²) >= 11 is 6.17. The lowest BCUT2D eigenvalue weighted by Crippen LogP contribution is -2.56. The Kier molecular flexibility index (Phi) is 12.2. The molecule has 4 aromatic rings. The molecule has 12 heteroatoms. The summed E-state index contributed by atoms with van der Waals surface area (Å²) < 4.78 is 45.9. The van der Waals surface area contributed by atoms with E-state index in [-0.39, 0.29) is 35.2 Å². The fourth-order valence-corrected chi connectivity index (χ4v) is 6.77. The molecule has 4 rings (SSSR count). The Bertz CT molecular complexity index is 1850. The van der Waals surface area contributed by atoms with E-state index >= 15 is 0 Å². The van der Waals surface area contributed by atoms with E-state index in [0.717, 1.165) is 9.87 Å². The van der Waals surface area contributed by atoms with Crippen LogP contribution in [0.3, 0.4) is 0 Å². The highest BCUT2D eigenvalue weighted by Gasteiger charge is 2.36. The van der Waals surface area contributed by atoms with Crippen molar-refractivity contribution in [3.05, 3.63) is 113 Å². The molecule has 10 nitrogen and oxygen atoms in total. The minimum Gasteiger partial charge on any atom is -0.497 e. The molecule has 2 amide bonds. The van der Waals surface area contributed by atoms with Crippen LogP contribution in [0, 0.1) is 0 Å². The summed E-state index contributed by atoms with van der Waals surface area (Å²) in [6.07, 6.45) is 0.182. The average Bonchev–Trinajstić information content (AvgIpc) is 3.08. The third kappa shape index (κ3) is 9.67. The van der Waals surface area contributed by atoms with Crippen molar-refractivity contribution in [1.82, 2.24) is 10.2 Å². The molecule has 0 saturated carbocycles. The van der Waals surface area contributed by atoms with E-state index in [1.807, 2.05) is 57.2 Å². The first-order valence-corrected chi connectivity index (χ1v) is 17.4. The number of methoxy groups -OCH3 is 3. The highest BCUT2D eigenvalue weighted by atomic mass is 35.5. The predicted octanol–water partition coefficient (Wildman–Crippen LogP) is 6.12. The zero-order valence-electron chi connectivity index (χ0n) is 28.5. The Balaban J connectivity index is 1.85. The summed E-state index contributed by atoms with van der Waals surface area (Å²) in [6, 6.07) is 25.9. The fraction of sp³-hybridized carbons (Fsp3) is 0.297. The first-order valence-electron chi connectivity index (χ1n) is 15.5. The number of sulfonamides is 1. The van der Waals surface area contributed by atoms with E-state index < -0.39 is 34.1 Å². The number of carbonyl (C=O) groups is 2. The van der Waals surface area contributed by atoms with Gasteiger partial charge in [-0.1, -0.05) is 54.1 Å². The van der Waals surface area contributed by atoms with Gasteiger partial charge in [-0.05, 0) is 80.4 Å². The number of ether oxygens (including phenoxy) is 3.